The fraction of sp³-hybridized carbons (Fsp3) is 0.400. The van der Waals surface area contributed by atoms with Crippen molar-refractivity contribution in [3.8, 4) is 0 Å². The van der Waals surface area contributed by atoms with E-state index in [0.717, 1.165) is 25.9 Å². The van der Waals surface area contributed by atoms with E-state index in [0.29, 0.717) is 13.1 Å². The van der Waals surface area contributed by atoms with Crippen molar-refractivity contribution in [3.05, 3.63) is 48.5 Å². The van der Waals surface area contributed by atoms with Crippen molar-refractivity contribution >= 4 is 21.8 Å². The number of nitrogens with zero attached hydrogens (tertiary/aromatic N) is 2. The van der Waals surface area contributed by atoms with E-state index in [-0.39, 0.29) is 6.10 Å². The Labute approximate surface area is 141 Å². The molecule has 0 aliphatic carbocycles. The maximum atomic E-state index is 10.6. The molecule has 4 rings (SSSR count). The number of aromatic nitrogens is 1. The van der Waals surface area contributed by atoms with E-state index in [1.54, 1.807) is 0 Å². The lowest BCUT2D eigenvalue weighted by Crippen LogP contribution is -2.41. The normalized spacial score (nSPS) is 18.4. The van der Waals surface area contributed by atoms with Gasteiger partial charge in [-0.3, -0.25) is 0 Å². The molecule has 1 aliphatic heterocycles. The number of benzene rings is 2. The molecule has 1 fully saturated rings. The zero-order chi connectivity index (χ0) is 16.5. The summed E-state index contributed by atoms with van der Waals surface area (Å²) in [6.07, 6.45) is 1.03. The molecule has 0 amide bonds. The summed E-state index contributed by atoms with van der Waals surface area (Å²) < 4.78 is 2.23. The molecule has 0 saturated carbocycles. The molecule has 1 atom stereocenters. The molecule has 1 aromatic heterocycles. The molecule has 2 N–H and O–H groups in total. The second-order valence-corrected chi connectivity index (χ2v) is 6.83. The Morgan fingerprint density at radius 3 is 2.00 bits per heavy atom. The standard InChI is InChI=1S/C20H24N2O2/c23-15-9-11-21(12-10-15)13-16(24)14-22-19-7-3-1-5-17(19)18-6-2-4-8-20(18)22/h1-8,15-16,23-24H,9-14H2. The fourth-order valence-corrected chi connectivity index (χ4v) is 3.87. The molecular weight excluding hydrogens is 300 g/mol. The zero-order valence-corrected chi connectivity index (χ0v) is 13.8. The molecule has 2 aromatic carbocycles. The first-order valence-corrected chi connectivity index (χ1v) is 8.77. The molecule has 1 aliphatic rings. The largest absolute Gasteiger partial charge is 0.393 e. The number of rotatable bonds is 4. The minimum absolute atomic E-state index is 0.171. The average molecular weight is 324 g/mol. The van der Waals surface area contributed by atoms with Crippen molar-refractivity contribution in [1.82, 2.24) is 9.47 Å². The Bertz CT molecular complexity index is 781. The second-order valence-electron chi connectivity index (χ2n) is 6.83. The summed E-state index contributed by atoms with van der Waals surface area (Å²) in [7, 11) is 0. The molecule has 4 nitrogen and oxygen atoms in total. The maximum Gasteiger partial charge on any atom is 0.0845 e. The summed E-state index contributed by atoms with van der Waals surface area (Å²) >= 11 is 0. The van der Waals surface area contributed by atoms with E-state index < -0.39 is 6.10 Å². The van der Waals surface area contributed by atoms with Crippen LogP contribution in [0.1, 0.15) is 12.8 Å². The van der Waals surface area contributed by atoms with Gasteiger partial charge in [-0.1, -0.05) is 36.4 Å². The number of aliphatic hydroxyl groups excluding tert-OH is 2. The average Bonchev–Trinajstić information content (AvgIpc) is 2.92. The highest BCUT2D eigenvalue weighted by atomic mass is 16.3. The van der Waals surface area contributed by atoms with Gasteiger partial charge in [0.25, 0.3) is 0 Å². The van der Waals surface area contributed by atoms with Gasteiger partial charge in [-0.15, -0.1) is 0 Å². The van der Waals surface area contributed by atoms with Crippen LogP contribution < -0.4 is 0 Å². The van der Waals surface area contributed by atoms with Gasteiger partial charge in [-0.2, -0.15) is 0 Å². The van der Waals surface area contributed by atoms with Gasteiger partial charge in [-0.05, 0) is 25.0 Å². The van der Waals surface area contributed by atoms with E-state index in [1.807, 2.05) is 0 Å². The van der Waals surface area contributed by atoms with Crippen molar-refractivity contribution in [2.24, 2.45) is 0 Å². The summed E-state index contributed by atoms with van der Waals surface area (Å²) in [5.74, 6) is 0. The highest BCUT2D eigenvalue weighted by Gasteiger charge is 2.20. The van der Waals surface area contributed by atoms with Crippen molar-refractivity contribution in [2.75, 3.05) is 19.6 Å². The monoisotopic (exact) mass is 324 g/mol. The van der Waals surface area contributed by atoms with Gasteiger partial charge < -0.3 is 19.7 Å². The second kappa shape index (κ2) is 6.55. The highest BCUT2D eigenvalue weighted by Crippen LogP contribution is 2.29. The van der Waals surface area contributed by atoms with E-state index in [4.69, 9.17) is 0 Å². The topological polar surface area (TPSA) is 48.6 Å². The first kappa shape index (κ1) is 15.6. The van der Waals surface area contributed by atoms with E-state index in [9.17, 15) is 10.2 Å². The molecule has 0 radical (unpaired) electrons. The van der Waals surface area contributed by atoms with Crippen LogP contribution in [0.25, 0.3) is 21.8 Å². The number of likely N-dealkylation sites (tertiary alicyclic amines) is 1. The van der Waals surface area contributed by atoms with Crippen LogP contribution in [0.2, 0.25) is 0 Å². The predicted octanol–water partition coefficient (Wildman–Crippen LogP) is 2.61. The van der Waals surface area contributed by atoms with Crippen molar-refractivity contribution < 1.29 is 10.2 Å². The van der Waals surface area contributed by atoms with Crippen LogP contribution in [0.5, 0.6) is 0 Å². The first-order chi connectivity index (χ1) is 11.7. The Hall–Kier alpha value is -1.88. The third-order valence-corrected chi connectivity index (χ3v) is 5.10. The SMILES string of the molecule is OC1CCN(CC(O)Cn2c3ccccc3c3ccccc32)CC1. The number of para-hydroxylation sites is 2. The first-order valence-electron chi connectivity index (χ1n) is 8.77. The Morgan fingerprint density at radius 1 is 0.875 bits per heavy atom. The lowest BCUT2D eigenvalue weighted by atomic mass is 10.1. The van der Waals surface area contributed by atoms with Crippen LogP contribution in [0.3, 0.4) is 0 Å². The van der Waals surface area contributed by atoms with Crippen LogP contribution in [0.15, 0.2) is 48.5 Å². The predicted molar refractivity (Wildman–Crippen MR) is 97.1 cm³/mol. The summed E-state index contributed by atoms with van der Waals surface area (Å²) in [4.78, 5) is 2.26. The molecule has 4 heteroatoms. The number of piperidine rings is 1. The van der Waals surface area contributed by atoms with Crippen molar-refractivity contribution in [1.29, 1.82) is 0 Å². The number of fused-ring (bicyclic) bond motifs is 3. The van der Waals surface area contributed by atoms with E-state index in [2.05, 4.69) is 58.0 Å². The summed E-state index contributed by atoms with van der Waals surface area (Å²) in [5, 5.41) is 22.7. The molecule has 1 saturated heterocycles. The third kappa shape index (κ3) is 2.93. The van der Waals surface area contributed by atoms with Crippen LogP contribution in [0, 0.1) is 0 Å². The van der Waals surface area contributed by atoms with Crippen molar-refractivity contribution in [2.45, 2.75) is 31.6 Å². The Morgan fingerprint density at radius 2 is 1.42 bits per heavy atom. The number of hydrogen-bond acceptors (Lipinski definition) is 3. The smallest absolute Gasteiger partial charge is 0.0845 e. The third-order valence-electron chi connectivity index (χ3n) is 5.10. The quantitative estimate of drug-likeness (QED) is 0.775. The molecule has 3 aromatic rings. The summed E-state index contributed by atoms with van der Waals surface area (Å²) in [5.41, 5.74) is 2.35. The van der Waals surface area contributed by atoms with E-state index >= 15 is 0 Å². The molecule has 24 heavy (non-hydrogen) atoms. The maximum absolute atomic E-state index is 10.6. The Balaban J connectivity index is 1.59. The number of hydrogen-bond donors (Lipinski definition) is 2. The summed E-state index contributed by atoms with van der Waals surface area (Å²) in [6, 6.07) is 16.8. The zero-order valence-electron chi connectivity index (χ0n) is 13.8. The number of aliphatic hydroxyl groups is 2. The molecule has 2 heterocycles. The van der Waals surface area contributed by atoms with Gasteiger partial charge in [0.15, 0.2) is 0 Å². The van der Waals surface area contributed by atoms with Crippen LogP contribution >= 0.6 is 0 Å². The van der Waals surface area contributed by atoms with Crippen molar-refractivity contribution in [3.63, 3.8) is 0 Å². The molecule has 1 unspecified atom stereocenters. The lowest BCUT2D eigenvalue weighted by molar-refractivity contribution is 0.0466. The molecular formula is C20H24N2O2. The van der Waals surface area contributed by atoms with E-state index in [1.165, 1.54) is 21.8 Å². The van der Waals surface area contributed by atoms with Gasteiger partial charge in [0.2, 0.25) is 0 Å². The number of β-amino-alcohol motifs (C(OH)–C–C–N with tert-alkyl or cyclic N) is 1. The molecule has 126 valence electrons. The fourth-order valence-electron chi connectivity index (χ4n) is 3.87. The minimum Gasteiger partial charge on any atom is -0.393 e. The van der Waals surface area contributed by atoms with Gasteiger partial charge in [0.05, 0.1) is 18.8 Å². The van der Waals surface area contributed by atoms with Crippen LogP contribution in [-0.4, -0.2) is 51.5 Å². The molecule has 0 bridgehead atoms. The lowest BCUT2D eigenvalue weighted by Gasteiger charge is -2.31. The van der Waals surface area contributed by atoms with Gasteiger partial charge >= 0.3 is 0 Å². The van der Waals surface area contributed by atoms with Crippen LogP contribution in [-0.2, 0) is 6.54 Å². The minimum atomic E-state index is -0.417. The van der Waals surface area contributed by atoms with Gasteiger partial charge in [0.1, 0.15) is 0 Å². The van der Waals surface area contributed by atoms with Gasteiger partial charge in [0, 0.05) is 41.4 Å². The Kier molecular flexibility index (Phi) is 4.27. The summed E-state index contributed by atoms with van der Waals surface area (Å²) in [6.45, 7) is 2.98. The highest BCUT2D eigenvalue weighted by molar-refractivity contribution is 6.07. The molecule has 0 spiro atoms. The van der Waals surface area contributed by atoms with Gasteiger partial charge in [-0.25, -0.2) is 0 Å². The van der Waals surface area contributed by atoms with Crippen LogP contribution in [0.4, 0.5) is 0 Å².